The highest BCUT2D eigenvalue weighted by atomic mass is 35.5. The van der Waals surface area contributed by atoms with Gasteiger partial charge in [0.1, 0.15) is 6.61 Å². The normalized spacial score (nSPS) is 28.1. The van der Waals surface area contributed by atoms with Crippen LogP contribution in [0.4, 0.5) is 4.79 Å². The van der Waals surface area contributed by atoms with E-state index in [0.717, 1.165) is 50.5 Å². The lowest BCUT2D eigenvalue weighted by atomic mass is 10.00. The molecule has 4 heterocycles. The van der Waals surface area contributed by atoms with Gasteiger partial charge in [-0.2, -0.15) is 0 Å². The maximum absolute atomic E-state index is 13.0. The average Bonchev–Trinajstić information content (AvgIpc) is 3.16. The number of halogens is 1. The number of carbonyl (C=O) groups excluding carboxylic acids is 2. The first-order valence-electron chi connectivity index (χ1n) is 10.5. The van der Waals surface area contributed by atoms with E-state index in [-0.39, 0.29) is 30.7 Å². The highest BCUT2D eigenvalue weighted by Gasteiger charge is 2.38. The molecule has 0 bridgehead atoms. The lowest BCUT2D eigenvalue weighted by molar-refractivity contribution is -0.139. The molecule has 5 rings (SSSR count). The van der Waals surface area contributed by atoms with E-state index >= 15 is 0 Å². The molecule has 0 aliphatic carbocycles. The highest BCUT2D eigenvalue weighted by molar-refractivity contribution is 6.30. The molecule has 3 fully saturated rings. The van der Waals surface area contributed by atoms with Gasteiger partial charge in [0.05, 0.1) is 12.1 Å². The molecule has 156 valence electrons. The smallest absolute Gasteiger partial charge is 0.320 e. The molecule has 4 aliphatic rings. The van der Waals surface area contributed by atoms with Gasteiger partial charge < -0.3 is 19.9 Å². The van der Waals surface area contributed by atoms with E-state index in [1.165, 1.54) is 11.1 Å². The number of ether oxygens (including phenoxy) is 1. The number of morpholine rings is 1. The number of hydrogen-bond donors (Lipinski definition) is 1. The Morgan fingerprint density at radius 1 is 1.07 bits per heavy atom. The number of urea groups is 1. The first-order chi connectivity index (χ1) is 14.1. The van der Waals surface area contributed by atoms with Gasteiger partial charge in [0, 0.05) is 50.3 Å². The first-order valence-corrected chi connectivity index (χ1v) is 10.9. The number of rotatable bonds is 1. The molecular formula is C21H27ClN4O3. The molecule has 3 amide bonds. The van der Waals surface area contributed by atoms with E-state index in [0.29, 0.717) is 19.1 Å². The van der Waals surface area contributed by atoms with Crippen molar-refractivity contribution in [3.63, 3.8) is 0 Å². The molecule has 7 nitrogen and oxygen atoms in total. The van der Waals surface area contributed by atoms with E-state index in [1.54, 1.807) is 0 Å². The van der Waals surface area contributed by atoms with Crippen LogP contribution in [0.3, 0.4) is 0 Å². The Labute approximate surface area is 175 Å². The zero-order chi connectivity index (χ0) is 20.0. The molecule has 0 spiro atoms. The minimum Gasteiger partial charge on any atom is -0.366 e. The summed E-state index contributed by atoms with van der Waals surface area (Å²) in [5, 5.41) is 3.77. The average molecular weight is 419 g/mol. The summed E-state index contributed by atoms with van der Waals surface area (Å²) in [5.41, 5.74) is 2.70. The molecule has 0 aromatic heterocycles. The standard InChI is InChI=1S/C21H27ClN4O3/c22-16-2-1-14-10-26(11-15(14)9-16)17-3-6-24(7-4-17)21(28)25-8-5-19-18(12-25)23-20(27)13-29-19/h1-2,9,17-19H,3-8,10-13H2,(H,23,27)/t18-,19+/m1/s1. The van der Waals surface area contributed by atoms with Crippen LogP contribution < -0.4 is 5.32 Å². The topological polar surface area (TPSA) is 65.1 Å². The van der Waals surface area contributed by atoms with Crippen molar-refractivity contribution in [2.45, 2.75) is 50.5 Å². The van der Waals surface area contributed by atoms with Gasteiger partial charge in [0.25, 0.3) is 0 Å². The van der Waals surface area contributed by atoms with Crippen molar-refractivity contribution in [2.75, 3.05) is 32.8 Å². The summed E-state index contributed by atoms with van der Waals surface area (Å²) < 4.78 is 5.60. The molecular weight excluding hydrogens is 392 g/mol. The third kappa shape index (κ3) is 3.83. The van der Waals surface area contributed by atoms with Crippen LogP contribution in [0.15, 0.2) is 18.2 Å². The maximum Gasteiger partial charge on any atom is 0.320 e. The molecule has 0 radical (unpaired) electrons. The van der Waals surface area contributed by atoms with E-state index in [9.17, 15) is 9.59 Å². The zero-order valence-electron chi connectivity index (χ0n) is 16.5. The van der Waals surface area contributed by atoms with Crippen LogP contribution in [0, 0.1) is 0 Å². The Morgan fingerprint density at radius 3 is 2.66 bits per heavy atom. The fourth-order valence-corrected chi connectivity index (χ4v) is 5.34. The Kier molecular flexibility index (Phi) is 5.14. The fourth-order valence-electron chi connectivity index (χ4n) is 5.14. The van der Waals surface area contributed by atoms with E-state index in [2.05, 4.69) is 22.3 Å². The zero-order valence-corrected chi connectivity index (χ0v) is 17.2. The lowest BCUT2D eigenvalue weighted by Crippen LogP contribution is -2.62. The summed E-state index contributed by atoms with van der Waals surface area (Å²) in [5.74, 6) is -0.0886. The Hall–Kier alpha value is -1.83. The predicted octanol–water partition coefficient (Wildman–Crippen LogP) is 1.83. The van der Waals surface area contributed by atoms with Crippen molar-refractivity contribution < 1.29 is 14.3 Å². The molecule has 8 heteroatoms. The molecule has 29 heavy (non-hydrogen) atoms. The summed E-state index contributed by atoms with van der Waals surface area (Å²) in [6.45, 7) is 4.85. The van der Waals surface area contributed by atoms with Gasteiger partial charge in [-0.25, -0.2) is 4.79 Å². The van der Waals surface area contributed by atoms with Crippen molar-refractivity contribution in [1.29, 1.82) is 0 Å². The van der Waals surface area contributed by atoms with Gasteiger partial charge in [-0.1, -0.05) is 17.7 Å². The van der Waals surface area contributed by atoms with Crippen LogP contribution in [0.25, 0.3) is 0 Å². The summed E-state index contributed by atoms with van der Waals surface area (Å²) in [6.07, 6.45) is 2.80. The van der Waals surface area contributed by atoms with Crippen molar-refractivity contribution in [3.05, 3.63) is 34.3 Å². The molecule has 1 aromatic carbocycles. The maximum atomic E-state index is 13.0. The number of nitrogens with one attached hydrogen (secondary N) is 1. The van der Waals surface area contributed by atoms with Crippen molar-refractivity contribution in [2.24, 2.45) is 0 Å². The minimum atomic E-state index is -0.0886. The van der Waals surface area contributed by atoms with Crippen LogP contribution in [-0.4, -0.2) is 77.6 Å². The second-order valence-corrected chi connectivity index (χ2v) is 9.01. The molecule has 2 atom stereocenters. The molecule has 0 saturated carbocycles. The second-order valence-electron chi connectivity index (χ2n) is 8.58. The number of piperidine rings is 2. The summed E-state index contributed by atoms with van der Waals surface area (Å²) in [6, 6.07) is 6.69. The first kappa shape index (κ1) is 19.2. The number of fused-ring (bicyclic) bond motifs is 2. The minimum absolute atomic E-state index is 0.0350. The van der Waals surface area contributed by atoms with Crippen LogP contribution in [0.2, 0.25) is 5.02 Å². The quantitative estimate of drug-likeness (QED) is 0.755. The van der Waals surface area contributed by atoms with Gasteiger partial charge in [-0.05, 0) is 42.5 Å². The largest absolute Gasteiger partial charge is 0.366 e. The number of hydrogen-bond acceptors (Lipinski definition) is 4. The summed E-state index contributed by atoms with van der Waals surface area (Å²) in [7, 11) is 0. The van der Waals surface area contributed by atoms with E-state index in [4.69, 9.17) is 16.3 Å². The van der Waals surface area contributed by atoms with Crippen LogP contribution >= 0.6 is 11.6 Å². The van der Waals surface area contributed by atoms with Crippen molar-refractivity contribution >= 4 is 23.5 Å². The molecule has 4 aliphatic heterocycles. The predicted molar refractivity (Wildman–Crippen MR) is 109 cm³/mol. The number of carbonyl (C=O) groups is 2. The summed E-state index contributed by atoms with van der Waals surface area (Å²) in [4.78, 5) is 31.0. The van der Waals surface area contributed by atoms with E-state index < -0.39 is 0 Å². The Morgan fingerprint density at radius 2 is 1.83 bits per heavy atom. The van der Waals surface area contributed by atoms with Gasteiger partial charge in [0.2, 0.25) is 5.91 Å². The molecule has 0 unspecified atom stereocenters. The van der Waals surface area contributed by atoms with Crippen molar-refractivity contribution in [1.82, 2.24) is 20.0 Å². The molecule has 1 aromatic rings. The molecule has 1 N–H and O–H groups in total. The third-order valence-corrected chi connectivity index (χ3v) is 7.00. The number of benzene rings is 1. The van der Waals surface area contributed by atoms with Gasteiger partial charge >= 0.3 is 6.03 Å². The van der Waals surface area contributed by atoms with Crippen LogP contribution in [-0.2, 0) is 22.6 Å². The van der Waals surface area contributed by atoms with Crippen LogP contribution in [0.5, 0.6) is 0 Å². The van der Waals surface area contributed by atoms with Crippen molar-refractivity contribution in [3.8, 4) is 0 Å². The molecule has 3 saturated heterocycles. The van der Waals surface area contributed by atoms with E-state index in [1.807, 2.05) is 15.9 Å². The van der Waals surface area contributed by atoms with Gasteiger partial charge in [0.15, 0.2) is 0 Å². The van der Waals surface area contributed by atoms with Crippen LogP contribution in [0.1, 0.15) is 30.4 Å². The number of nitrogens with zero attached hydrogens (tertiary/aromatic N) is 3. The van der Waals surface area contributed by atoms with Gasteiger partial charge in [-0.3, -0.25) is 9.69 Å². The van der Waals surface area contributed by atoms with Gasteiger partial charge in [-0.15, -0.1) is 0 Å². The SMILES string of the molecule is O=C1CO[C@H]2CCN(C(=O)N3CCC(N4Cc5ccc(Cl)cc5C4)CC3)C[C@H]2N1. The second kappa shape index (κ2) is 7.78. The lowest BCUT2D eigenvalue weighted by Gasteiger charge is -2.44. The third-order valence-electron chi connectivity index (χ3n) is 6.76. The Bertz CT molecular complexity index is 811. The number of amides is 3. The Balaban J connectivity index is 1.14. The highest BCUT2D eigenvalue weighted by Crippen LogP contribution is 2.30. The monoisotopic (exact) mass is 418 g/mol. The fraction of sp³-hybridized carbons (Fsp3) is 0.619. The summed E-state index contributed by atoms with van der Waals surface area (Å²) >= 11 is 6.14. The number of likely N-dealkylation sites (tertiary alicyclic amines) is 2.